The molecule has 0 unspecified atom stereocenters. The van der Waals surface area contributed by atoms with Gasteiger partial charge in [-0.2, -0.15) is 10.5 Å². The molecular weight excluding hydrogens is 1130 g/mol. The van der Waals surface area contributed by atoms with Crippen molar-refractivity contribution in [3.05, 3.63) is 253 Å². The van der Waals surface area contributed by atoms with E-state index in [9.17, 15) is 47.3 Å². The number of hydrogen-bond acceptors (Lipinski definition) is 12. The van der Waals surface area contributed by atoms with Crippen LogP contribution in [0.3, 0.4) is 0 Å². The monoisotopic (exact) mass is 1180 g/mol. The summed E-state index contributed by atoms with van der Waals surface area (Å²) in [6.07, 6.45) is 8.46. The lowest BCUT2D eigenvalue weighted by Gasteiger charge is -2.06. The number of methoxy groups -OCH3 is 4. The maximum Gasteiger partial charge on any atom is 0.276 e. The van der Waals surface area contributed by atoms with Gasteiger partial charge in [-0.1, -0.05) is 60.2 Å². The zero-order chi connectivity index (χ0) is 61.6. The molecule has 10 aromatic rings. The maximum absolute atomic E-state index is 13.8. The second-order valence-electron chi connectivity index (χ2n) is 17.4. The van der Waals surface area contributed by atoms with Crippen molar-refractivity contribution in [1.82, 2.24) is 9.13 Å². The molecule has 2 aromatic heterocycles. The summed E-state index contributed by atoms with van der Waals surface area (Å²) in [5, 5.41) is 49.1. The number of benzene rings is 8. The van der Waals surface area contributed by atoms with Crippen molar-refractivity contribution in [2.45, 2.75) is 12.8 Å². The highest BCUT2D eigenvalue weighted by Gasteiger charge is 2.19. The highest BCUT2D eigenvalue weighted by Crippen LogP contribution is 2.31. The van der Waals surface area contributed by atoms with E-state index in [0.29, 0.717) is 16.5 Å². The van der Waals surface area contributed by atoms with Crippen LogP contribution in [0.5, 0.6) is 34.5 Å². The number of non-ortho nitro benzene ring substituents is 1. The molecule has 1 aliphatic carbocycles. The predicted octanol–water partition coefficient (Wildman–Crippen LogP) is 15.5. The number of aromatic hydroxyl groups is 1. The molecule has 1 N–H and O–H groups in total. The number of phenolic OH excluding ortho intramolecular Hbond substituents is 1. The number of halogens is 6. The number of rotatable bonds is 11. The quantitative estimate of drug-likeness (QED) is 0.0728. The fourth-order valence-corrected chi connectivity index (χ4v) is 8.16. The number of para-hydroxylation sites is 2. The second kappa shape index (κ2) is 30.8. The first-order chi connectivity index (χ1) is 40.9. The van der Waals surface area contributed by atoms with E-state index in [1.807, 2.05) is 113 Å². The summed E-state index contributed by atoms with van der Waals surface area (Å²) in [6.45, 7) is 0.0711. The Morgan fingerprint density at radius 2 is 1.09 bits per heavy atom. The van der Waals surface area contributed by atoms with Crippen molar-refractivity contribution in [1.29, 1.82) is 10.5 Å². The Balaban J connectivity index is 0.000000165. The van der Waals surface area contributed by atoms with Crippen LogP contribution in [0.2, 0.25) is 5.02 Å². The summed E-state index contributed by atoms with van der Waals surface area (Å²) in [5.41, 5.74) is 5.10. The maximum atomic E-state index is 13.8. The van der Waals surface area contributed by atoms with Crippen LogP contribution in [-0.2, 0) is 12.8 Å². The molecule has 22 heteroatoms. The van der Waals surface area contributed by atoms with Gasteiger partial charge in [-0.25, -0.2) is 22.0 Å². The van der Waals surface area contributed by atoms with Crippen molar-refractivity contribution < 1.29 is 60.6 Å². The minimum Gasteiger partial charge on any atom is -0.505 e. The summed E-state index contributed by atoms with van der Waals surface area (Å²) in [5.74, 6) is -1.94. The van der Waals surface area contributed by atoms with Gasteiger partial charge in [-0.15, -0.1) is 0 Å². The Bertz CT molecular complexity index is 4040. The van der Waals surface area contributed by atoms with E-state index in [1.165, 1.54) is 64.8 Å². The molecule has 0 saturated carbocycles. The van der Waals surface area contributed by atoms with E-state index in [1.54, 1.807) is 42.5 Å². The number of nitrogens with zero attached hydrogens (tertiary/aromatic N) is 6. The SMILES string of the molecule is COc1cc(CC#N)c([N+](=O)[O-])cc1F.COc1cc2c(cc1F)CC=C2.COc1cc2ccn(-c3ccccc3)c2cc1F.COc1ccc([N+](=O)[O-])cc1F.N#CCOc1ccc(Cl)cc1.Oc1cc2ccn(-c3ccccc3)c2cc1F. The largest absolute Gasteiger partial charge is 0.505 e. The van der Waals surface area contributed by atoms with Crippen molar-refractivity contribution in [2.75, 3.05) is 35.0 Å². The van der Waals surface area contributed by atoms with Crippen LogP contribution in [0.4, 0.5) is 33.3 Å². The van der Waals surface area contributed by atoms with E-state index in [4.69, 9.17) is 36.3 Å². The third-order valence-electron chi connectivity index (χ3n) is 12.1. The van der Waals surface area contributed by atoms with Crippen molar-refractivity contribution in [2.24, 2.45) is 0 Å². The zero-order valence-corrected chi connectivity index (χ0v) is 46.3. The second-order valence-corrected chi connectivity index (χ2v) is 17.9. The molecule has 11 rings (SSSR count). The molecule has 0 radical (unpaired) electrons. The molecule has 16 nitrogen and oxygen atoms in total. The van der Waals surface area contributed by atoms with Gasteiger partial charge in [0.1, 0.15) is 11.8 Å². The molecule has 0 saturated heterocycles. The molecule has 8 aromatic carbocycles. The van der Waals surface area contributed by atoms with Crippen molar-refractivity contribution in [3.63, 3.8) is 0 Å². The van der Waals surface area contributed by atoms with Crippen LogP contribution in [0, 0.1) is 72.0 Å². The predicted molar refractivity (Wildman–Crippen MR) is 311 cm³/mol. The highest BCUT2D eigenvalue weighted by molar-refractivity contribution is 6.30. The number of nitriles is 2. The van der Waals surface area contributed by atoms with Gasteiger partial charge in [-0.3, -0.25) is 20.2 Å². The van der Waals surface area contributed by atoms with Gasteiger partial charge in [0.05, 0.1) is 73.9 Å². The van der Waals surface area contributed by atoms with Gasteiger partial charge in [0.2, 0.25) is 0 Å². The number of nitro groups is 2. The number of ether oxygens (including phenoxy) is 5. The third kappa shape index (κ3) is 17.1. The molecule has 0 atom stereocenters. The average molecular weight is 1180 g/mol. The van der Waals surface area contributed by atoms with Gasteiger partial charge in [0, 0.05) is 63.3 Å². The average Bonchev–Trinajstić information content (AvgIpc) is 2.79. The molecule has 85 heavy (non-hydrogen) atoms. The first-order valence-corrected chi connectivity index (χ1v) is 25.4. The lowest BCUT2D eigenvalue weighted by Crippen LogP contribution is -1.98. The van der Waals surface area contributed by atoms with Crippen LogP contribution >= 0.6 is 11.6 Å². The summed E-state index contributed by atoms with van der Waals surface area (Å²) >= 11 is 5.63. The standard InChI is InChI=1S/C15H12FNO.C14H10FNO.C10H9FO.C9H7FN2O3.C8H6ClNO.C7H6FNO3/c1-18-15-9-11-7-8-17(14(11)10-13(15)16)12-5-3-2-4-6-12;15-12-9-13-10(8-14(12)17)6-7-16(13)11-4-2-1-3-5-11;1-12-10-6-8-4-2-3-7(8)5-9(10)11;1-15-9-4-6(2-3-11)8(12(13)14)5-7(9)10;9-7-1-3-8(4-2-7)11-6-5-10;1-12-7-3-2-5(9(10)11)4-6(7)8/h2-10H,1H3;1-9,17H;2,4-6H,3H2,1H3;4-5H,2H2,1H3;1-4H,6H2;2-4H,1H3. The van der Waals surface area contributed by atoms with Gasteiger partial charge in [-0.05, 0) is 115 Å². The Morgan fingerprint density at radius 1 is 0.576 bits per heavy atom. The summed E-state index contributed by atoms with van der Waals surface area (Å²) in [7, 11) is 5.49. The normalized spacial score (nSPS) is 10.4. The van der Waals surface area contributed by atoms with Gasteiger partial charge in [0.25, 0.3) is 11.4 Å². The van der Waals surface area contributed by atoms with Crippen LogP contribution in [0.15, 0.2) is 182 Å². The summed E-state index contributed by atoms with van der Waals surface area (Å²) < 4.78 is 94.0. The van der Waals surface area contributed by atoms with Crippen LogP contribution < -0.4 is 23.7 Å². The number of allylic oxidation sites excluding steroid dienone is 1. The molecule has 1 aliphatic rings. The molecule has 0 fully saturated rings. The van der Waals surface area contributed by atoms with E-state index in [2.05, 4.69) is 9.47 Å². The zero-order valence-electron chi connectivity index (χ0n) is 45.6. The first kappa shape index (κ1) is 63.3. The minimum atomic E-state index is -0.814. The molecule has 434 valence electrons. The highest BCUT2D eigenvalue weighted by atomic mass is 35.5. The summed E-state index contributed by atoms with van der Waals surface area (Å²) in [6, 6.07) is 48.2. The molecule has 0 aliphatic heterocycles. The number of aromatic nitrogens is 2. The summed E-state index contributed by atoms with van der Waals surface area (Å²) in [4.78, 5) is 19.3. The molecule has 2 heterocycles. The van der Waals surface area contributed by atoms with Crippen molar-refractivity contribution in [3.8, 4) is 58.0 Å². The van der Waals surface area contributed by atoms with E-state index < -0.39 is 33.0 Å². The fraction of sp³-hybridized carbons (Fsp3) is 0.111. The van der Waals surface area contributed by atoms with E-state index >= 15 is 0 Å². The lowest BCUT2D eigenvalue weighted by atomic mass is 10.1. The van der Waals surface area contributed by atoms with Crippen molar-refractivity contribution >= 4 is 50.9 Å². The van der Waals surface area contributed by atoms with E-state index in [-0.39, 0.29) is 58.9 Å². The smallest absolute Gasteiger partial charge is 0.276 e. The van der Waals surface area contributed by atoms with Gasteiger partial charge >= 0.3 is 0 Å². The van der Waals surface area contributed by atoms with Gasteiger partial charge in [0.15, 0.2) is 64.4 Å². The Kier molecular flexibility index (Phi) is 22.9. The van der Waals surface area contributed by atoms with Crippen LogP contribution in [-0.4, -0.2) is 59.1 Å². The van der Waals surface area contributed by atoms with E-state index in [0.717, 1.165) is 68.9 Å². The molecule has 0 amide bonds. The number of nitro benzene ring substituents is 2. The minimum absolute atomic E-state index is 0.000556. The number of phenols is 1. The fourth-order valence-electron chi connectivity index (χ4n) is 8.03. The van der Waals surface area contributed by atoms with Crippen LogP contribution in [0.25, 0.3) is 39.3 Å². The number of fused-ring (bicyclic) bond motifs is 3. The molecule has 0 spiro atoms. The Morgan fingerprint density at radius 3 is 1.62 bits per heavy atom. The lowest BCUT2D eigenvalue weighted by molar-refractivity contribution is -0.385. The Hall–Kier alpha value is -10.9. The van der Waals surface area contributed by atoms with Gasteiger partial charge < -0.3 is 37.9 Å². The molecule has 0 bridgehead atoms. The Labute approximate surface area is 488 Å². The first-order valence-electron chi connectivity index (χ1n) is 25.0. The topological polar surface area (TPSA) is 210 Å². The number of hydrogen-bond donors (Lipinski definition) is 1. The third-order valence-corrected chi connectivity index (χ3v) is 12.4. The van der Waals surface area contributed by atoms with Crippen LogP contribution in [0.1, 0.15) is 16.7 Å². The molecular formula is C63H50ClF5N6O10.